The fourth-order valence-corrected chi connectivity index (χ4v) is 4.56. The second kappa shape index (κ2) is 6.11. The summed E-state index contributed by atoms with van der Waals surface area (Å²) in [5, 5.41) is 4.02. The van der Waals surface area contributed by atoms with Crippen molar-refractivity contribution in [3.8, 4) is 0 Å². The molecule has 1 saturated carbocycles. The van der Waals surface area contributed by atoms with Crippen molar-refractivity contribution in [3.63, 3.8) is 0 Å². The zero-order chi connectivity index (χ0) is 13.1. The Hall–Kier alpha value is -0.120. The first-order valence-corrected chi connectivity index (χ1v) is 8.53. The Bertz CT molecular complexity index is 286. The van der Waals surface area contributed by atoms with Gasteiger partial charge in [0.25, 0.3) is 0 Å². The van der Waals surface area contributed by atoms with E-state index >= 15 is 0 Å². The average Bonchev–Trinajstić information content (AvgIpc) is 2.74. The number of fused-ring (bicyclic) bond motifs is 1. The molecule has 0 aromatic heterocycles. The molecule has 2 atom stereocenters. The van der Waals surface area contributed by atoms with Gasteiger partial charge in [0.05, 0.1) is 0 Å². The van der Waals surface area contributed by atoms with Gasteiger partial charge in [0, 0.05) is 30.7 Å². The van der Waals surface area contributed by atoms with Crippen LogP contribution in [0.3, 0.4) is 0 Å². The summed E-state index contributed by atoms with van der Waals surface area (Å²) in [7, 11) is 0. The Labute approximate surface area is 118 Å². The van der Waals surface area contributed by atoms with Gasteiger partial charge in [-0.15, -0.1) is 0 Å². The number of hydrogen-bond donors (Lipinski definition) is 2. The maximum atomic E-state index is 6.20. The van der Waals surface area contributed by atoms with Crippen LogP contribution in [-0.2, 0) is 0 Å². The lowest BCUT2D eigenvalue weighted by atomic mass is 9.82. The lowest BCUT2D eigenvalue weighted by Gasteiger charge is -2.46. The van der Waals surface area contributed by atoms with Crippen LogP contribution in [0.5, 0.6) is 0 Å². The maximum absolute atomic E-state index is 6.20. The highest BCUT2D eigenvalue weighted by atomic mass is 15.2. The van der Waals surface area contributed by atoms with Crippen LogP contribution < -0.4 is 11.1 Å². The zero-order valence-corrected chi connectivity index (χ0v) is 12.4. The monoisotopic (exact) mass is 265 g/mol. The first kappa shape index (κ1) is 13.8. The standard InChI is InChI=1S/C16H31N3/c17-13-16(18-14-6-3-1-2-4-7-14)9-11-19-10-5-8-15(19)12-16/h14-15,18H,1-13,17H2. The fraction of sp³-hybridized carbons (Fsp3) is 1.00. The fourth-order valence-electron chi connectivity index (χ4n) is 4.56. The zero-order valence-electron chi connectivity index (χ0n) is 12.4. The van der Waals surface area contributed by atoms with E-state index < -0.39 is 0 Å². The minimum atomic E-state index is 0.251. The van der Waals surface area contributed by atoms with Gasteiger partial charge in [0.15, 0.2) is 0 Å². The summed E-state index contributed by atoms with van der Waals surface area (Å²) >= 11 is 0. The molecule has 2 unspecified atom stereocenters. The molecule has 3 heteroatoms. The molecule has 3 fully saturated rings. The molecule has 3 nitrogen and oxygen atoms in total. The van der Waals surface area contributed by atoms with Crippen molar-refractivity contribution in [2.45, 2.75) is 81.8 Å². The van der Waals surface area contributed by atoms with Crippen LogP contribution >= 0.6 is 0 Å². The van der Waals surface area contributed by atoms with Gasteiger partial charge >= 0.3 is 0 Å². The highest BCUT2D eigenvalue weighted by Gasteiger charge is 2.41. The Morgan fingerprint density at radius 2 is 1.79 bits per heavy atom. The molecule has 0 radical (unpaired) electrons. The largest absolute Gasteiger partial charge is 0.329 e. The number of nitrogens with zero attached hydrogens (tertiary/aromatic N) is 1. The molecular formula is C16H31N3. The summed E-state index contributed by atoms with van der Waals surface area (Å²) in [4.78, 5) is 2.70. The first-order chi connectivity index (χ1) is 9.31. The lowest BCUT2D eigenvalue weighted by molar-refractivity contribution is 0.0995. The van der Waals surface area contributed by atoms with Crippen molar-refractivity contribution in [1.82, 2.24) is 10.2 Å². The quantitative estimate of drug-likeness (QED) is 0.769. The van der Waals surface area contributed by atoms with Gasteiger partial charge in [-0.25, -0.2) is 0 Å². The minimum absolute atomic E-state index is 0.251. The lowest BCUT2D eigenvalue weighted by Crippen LogP contribution is -2.61. The number of nitrogens with two attached hydrogens (primary N) is 1. The maximum Gasteiger partial charge on any atom is 0.0333 e. The first-order valence-electron chi connectivity index (χ1n) is 8.53. The predicted molar refractivity (Wildman–Crippen MR) is 80.2 cm³/mol. The van der Waals surface area contributed by atoms with Crippen LogP contribution in [0.4, 0.5) is 0 Å². The second-order valence-corrected chi connectivity index (χ2v) is 7.10. The number of piperidine rings is 1. The minimum Gasteiger partial charge on any atom is -0.329 e. The normalized spacial score (nSPS) is 38.1. The Kier molecular flexibility index (Phi) is 4.45. The van der Waals surface area contributed by atoms with E-state index in [9.17, 15) is 0 Å². The molecular weight excluding hydrogens is 234 g/mol. The summed E-state index contributed by atoms with van der Waals surface area (Å²) in [5.41, 5.74) is 6.45. The summed E-state index contributed by atoms with van der Waals surface area (Å²) in [5.74, 6) is 0. The molecule has 1 aliphatic carbocycles. The molecule has 0 aromatic carbocycles. The Morgan fingerprint density at radius 1 is 1.00 bits per heavy atom. The van der Waals surface area contributed by atoms with Crippen LogP contribution in [0.15, 0.2) is 0 Å². The molecule has 2 saturated heterocycles. The molecule has 0 aromatic rings. The molecule has 0 bridgehead atoms. The Morgan fingerprint density at radius 3 is 2.53 bits per heavy atom. The summed E-state index contributed by atoms with van der Waals surface area (Å²) in [6.07, 6.45) is 13.8. The van der Waals surface area contributed by atoms with Crippen molar-refractivity contribution in [1.29, 1.82) is 0 Å². The molecule has 110 valence electrons. The van der Waals surface area contributed by atoms with Gasteiger partial charge in [0.2, 0.25) is 0 Å². The van der Waals surface area contributed by atoms with E-state index in [1.54, 1.807) is 0 Å². The Balaban J connectivity index is 1.62. The van der Waals surface area contributed by atoms with Gasteiger partial charge < -0.3 is 16.0 Å². The van der Waals surface area contributed by atoms with E-state index in [0.29, 0.717) is 0 Å². The van der Waals surface area contributed by atoms with E-state index in [0.717, 1.165) is 18.6 Å². The molecule has 3 aliphatic rings. The molecule has 3 N–H and O–H groups in total. The third kappa shape index (κ3) is 3.14. The SMILES string of the molecule is NCC1(NC2CCCCCC2)CCN2CCCC2C1. The molecule has 2 aliphatic heterocycles. The van der Waals surface area contributed by atoms with Gasteiger partial charge in [0.1, 0.15) is 0 Å². The van der Waals surface area contributed by atoms with Crippen molar-refractivity contribution >= 4 is 0 Å². The molecule has 0 spiro atoms. The number of hydrogen-bond acceptors (Lipinski definition) is 3. The van der Waals surface area contributed by atoms with E-state index in [-0.39, 0.29) is 5.54 Å². The van der Waals surface area contributed by atoms with Crippen LogP contribution in [0.1, 0.15) is 64.2 Å². The number of nitrogens with one attached hydrogen (secondary N) is 1. The smallest absolute Gasteiger partial charge is 0.0333 e. The molecule has 0 amide bonds. The summed E-state index contributed by atoms with van der Waals surface area (Å²) < 4.78 is 0. The van der Waals surface area contributed by atoms with Gasteiger partial charge in [-0.1, -0.05) is 25.7 Å². The van der Waals surface area contributed by atoms with Gasteiger partial charge in [-0.05, 0) is 45.1 Å². The van der Waals surface area contributed by atoms with Crippen LogP contribution in [0, 0.1) is 0 Å². The van der Waals surface area contributed by atoms with E-state index in [1.807, 2.05) is 0 Å². The van der Waals surface area contributed by atoms with Gasteiger partial charge in [-0.3, -0.25) is 0 Å². The van der Waals surface area contributed by atoms with Crippen molar-refractivity contribution in [3.05, 3.63) is 0 Å². The highest BCUT2D eigenvalue weighted by Crippen LogP contribution is 2.33. The predicted octanol–water partition coefficient (Wildman–Crippen LogP) is 2.25. The molecule has 3 rings (SSSR count). The topological polar surface area (TPSA) is 41.3 Å². The highest BCUT2D eigenvalue weighted by molar-refractivity contribution is 5.01. The second-order valence-electron chi connectivity index (χ2n) is 7.10. The summed E-state index contributed by atoms with van der Waals surface area (Å²) in [6.45, 7) is 3.42. The van der Waals surface area contributed by atoms with E-state index in [2.05, 4.69) is 10.2 Å². The van der Waals surface area contributed by atoms with Crippen LogP contribution in [0.2, 0.25) is 0 Å². The molecule has 19 heavy (non-hydrogen) atoms. The third-order valence-corrected chi connectivity index (χ3v) is 5.76. The molecule has 2 heterocycles. The number of rotatable bonds is 3. The average molecular weight is 265 g/mol. The van der Waals surface area contributed by atoms with Crippen LogP contribution in [0.25, 0.3) is 0 Å². The van der Waals surface area contributed by atoms with E-state index in [4.69, 9.17) is 5.73 Å². The van der Waals surface area contributed by atoms with Crippen molar-refractivity contribution in [2.24, 2.45) is 5.73 Å². The van der Waals surface area contributed by atoms with Crippen molar-refractivity contribution in [2.75, 3.05) is 19.6 Å². The third-order valence-electron chi connectivity index (χ3n) is 5.76. The van der Waals surface area contributed by atoms with Crippen molar-refractivity contribution < 1.29 is 0 Å². The van der Waals surface area contributed by atoms with Crippen LogP contribution in [-0.4, -0.2) is 42.2 Å². The van der Waals surface area contributed by atoms with E-state index in [1.165, 1.54) is 77.3 Å². The summed E-state index contributed by atoms with van der Waals surface area (Å²) in [6, 6.07) is 1.55. The van der Waals surface area contributed by atoms with Gasteiger partial charge in [-0.2, -0.15) is 0 Å².